The van der Waals surface area contributed by atoms with E-state index in [4.69, 9.17) is 0 Å². The fourth-order valence-corrected chi connectivity index (χ4v) is 2.63. The monoisotopic (exact) mass is 309 g/mol. The molecule has 6 nitrogen and oxygen atoms in total. The third-order valence-electron chi connectivity index (χ3n) is 4.12. The summed E-state index contributed by atoms with van der Waals surface area (Å²) in [4.78, 5) is 12.2. The van der Waals surface area contributed by atoms with Crippen molar-refractivity contribution in [3.8, 4) is 11.8 Å². The molecule has 1 aromatic carbocycles. The van der Waals surface area contributed by atoms with Crippen LogP contribution < -0.4 is 10.6 Å². The third kappa shape index (κ3) is 3.34. The van der Waals surface area contributed by atoms with Crippen LogP contribution in [-0.4, -0.2) is 27.8 Å². The molecule has 118 valence electrons. The van der Waals surface area contributed by atoms with Crippen molar-refractivity contribution in [1.29, 1.82) is 5.26 Å². The Labute approximate surface area is 135 Å². The largest absolute Gasteiger partial charge is 0.374 e. The number of para-hydroxylation sites is 2. The fourth-order valence-electron chi connectivity index (χ4n) is 2.63. The first-order chi connectivity index (χ1) is 11.1. The van der Waals surface area contributed by atoms with E-state index in [0.717, 1.165) is 24.2 Å². The molecule has 3 rings (SSSR count). The standard InChI is InChI=1S/C17H19N5O/c1-17(12-18,13-7-8-13)21-16(23)11-19-14-5-2-3-6-15(14)22-10-4-9-20-22/h2-6,9-10,13,19H,7-8,11H2,1H3,(H,21,23)/t17-/m0/s1. The highest BCUT2D eigenvalue weighted by molar-refractivity contribution is 5.82. The normalized spacial score (nSPS) is 16.2. The summed E-state index contributed by atoms with van der Waals surface area (Å²) < 4.78 is 1.74. The van der Waals surface area contributed by atoms with Gasteiger partial charge in [-0.05, 0) is 43.9 Å². The Kier molecular flexibility index (Phi) is 4.02. The van der Waals surface area contributed by atoms with Crippen molar-refractivity contribution in [3.05, 3.63) is 42.7 Å². The van der Waals surface area contributed by atoms with Gasteiger partial charge in [-0.1, -0.05) is 12.1 Å². The number of nitrogens with one attached hydrogen (secondary N) is 2. The van der Waals surface area contributed by atoms with E-state index < -0.39 is 5.54 Å². The molecule has 1 aliphatic rings. The number of amides is 1. The first-order valence-corrected chi connectivity index (χ1v) is 7.67. The third-order valence-corrected chi connectivity index (χ3v) is 4.12. The molecular weight excluding hydrogens is 290 g/mol. The average molecular weight is 309 g/mol. The molecule has 1 amide bonds. The lowest BCUT2D eigenvalue weighted by Gasteiger charge is -2.23. The van der Waals surface area contributed by atoms with Crippen LogP contribution in [0.1, 0.15) is 19.8 Å². The molecule has 0 saturated heterocycles. The number of hydrogen-bond donors (Lipinski definition) is 2. The molecule has 1 aliphatic carbocycles. The van der Waals surface area contributed by atoms with E-state index in [1.54, 1.807) is 17.8 Å². The Morgan fingerprint density at radius 2 is 2.22 bits per heavy atom. The van der Waals surface area contributed by atoms with E-state index in [0.29, 0.717) is 0 Å². The molecule has 1 heterocycles. The second-order valence-electron chi connectivity index (χ2n) is 5.96. The predicted molar refractivity (Wildman–Crippen MR) is 86.9 cm³/mol. The van der Waals surface area contributed by atoms with E-state index >= 15 is 0 Å². The first kappa shape index (κ1) is 15.1. The maximum Gasteiger partial charge on any atom is 0.240 e. The number of carbonyl (C=O) groups excluding carboxylic acids is 1. The molecule has 1 saturated carbocycles. The first-order valence-electron chi connectivity index (χ1n) is 7.67. The van der Waals surface area contributed by atoms with E-state index in [9.17, 15) is 10.1 Å². The fraction of sp³-hybridized carbons (Fsp3) is 0.353. The van der Waals surface area contributed by atoms with Gasteiger partial charge in [0.05, 0.1) is 24.0 Å². The molecule has 0 aliphatic heterocycles. The Hall–Kier alpha value is -2.81. The molecule has 6 heteroatoms. The summed E-state index contributed by atoms with van der Waals surface area (Å²) in [6.45, 7) is 1.91. The highest BCUT2D eigenvalue weighted by atomic mass is 16.2. The van der Waals surface area contributed by atoms with Gasteiger partial charge in [-0.3, -0.25) is 4.79 Å². The summed E-state index contributed by atoms with van der Waals surface area (Å²) in [6.07, 6.45) is 5.55. The van der Waals surface area contributed by atoms with E-state index in [2.05, 4.69) is 21.8 Å². The molecule has 0 bridgehead atoms. The predicted octanol–water partition coefficient (Wildman–Crippen LogP) is 2.09. The number of nitriles is 1. The van der Waals surface area contributed by atoms with Crippen LogP contribution in [0.3, 0.4) is 0 Å². The zero-order valence-electron chi connectivity index (χ0n) is 13.0. The van der Waals surface area contributed by atoms with Crippen LogP contribution in [0.4, 0.5) is 5.69 Å². The van der Waals surface area contributed by atoms with Crippen molar-refractivity contribution in [2.24, 2.45) is 5.92 Å². The molecule has 0 radical (unpaired) electrons. The SMILES string of the molecule is C[C@@](C#N)(NC(=O)CNc1ccccc1-n1cccn1)C1CC1. The van der Waals surface area contributed by atoms with Crippen molar-refractivity contribution in [2.75, 3.05) is 11.9 Å². The minimum Gasteiger partial charge on any atom is -0.374 e. The van der Waals surface area contributed by atoms with Crippen LogP contribution >= 0.6 is 0 Å². The summed E-state index contributed by atoms with van der Waals surface area (Å²) in [5.74, 6) is 0.0871. The zero-order chi connectivity index (χ0) is 16.3. The smallest absolute Gasteiger partial charge is 0.240 e. The van der Waals surface area contributed by atoms with Crippen molar-refractivity contribution >= 4 is 11.6 Å². The van der Waals surface area contributed by atoms with Gasteiger partial charge in [-0.15, -0.1) is 0 Å². The van der Waals surface area contributed by atoms with Gasteiger partial charge in [0.25, 0.3) is 0 Å². The number of anilines is 1. The van der Waals surface area contributed by atoms with Gasteiger partial charge in [-0.25, -0.2) is 4.68 Å². The van der Waals surface area contributed by atoms with Gasteiger partial charge in [0.15, 0.2) is 0 Å². The Bertz CT molecular complexity index is 730. The Morgan fingerprint density at radius 3 is 2.87 bits per heavy atom. The molecule has 1 fully saturated rings. The van der Waals surface area contributed by atoms with Gasteiger partial charge >= 0.3 is 0 Å². The van der Waals surface area contributed by atoms with Crippen LogP contribution in [0.15, 0.2) is 42.7 Å². The summed E-state index contributed by atoms with van der Waals surface area (Å²) in [5, 5.41) is 19.5. The van der Waals surface area contributed by atoms with E-state index in [-0.39, 0.29) is 18.4 Å². The quantitative estimate of drug-likeness (QED) is 0.856. The van der Waals surface area contributed by atoms with Crippen molar-refractivity contribution in [2.45, 2.75) is 25.3 Å². The second kappa shape index (κ2) is 6.13. The number of aromatic nitrogens is 2. The highest BCUT2D eigenvalue weighted by Gasteiger charge is 2.42. The van der Waals surface area contributed by atoms with Crippen LogP contribution in [-0.2, 0) is 4.79 Å². The lowest BCUT2D eigenvalue weighted by atomic mass is 9.98. The van der Waals surface area contributed by atoms with Gasteiger partial charge < -0.3 is 10.6 Å². The second-order valence-corrected chi connectivity index (χ2v) is 5.96. The highest BCUT2D eigenvalue weighted by Crippen LogP contribution is 2.39. The maximum absolute atomic E-state index is 12.2. The molecule has 0 unspecified atom stereocenters. The Balaban J connectivity index is 1.65. The van der Waals surface area contributed by atoms with Gasteiger partial charge in [0.2, 0.25) is 5.91 Å². The minimum absolute atomic E-state index is 0.113. The lowest BCUT2D eigenvalue weighted by Crippen LogP contribution is -2.48. The molecule has 1 aromatic heterocycles. The Morgan fingerprint density at radius 1 is 1.43 bits per heavy atom. The van der Waals surface area contributed by atoms with Crippen LogP contribution in [0.5, 0.6) is 0 Å². The number of nitrogens with zero attached hydrogens (tertiary/aromatic N) is 3. The number of hydrogen-bond acceptors (Lipinski definition) is 4. The zero-order valence-corrected chi connectivity index (χ0v) is 13.0. The topological polar surface area (TPSA) is 82.7 Å². The number of benzene rings is 1. The van der Waals surface area contributed by atoms with Crippen LogP contribution in [0.25, 0.3) is 5.69 Å². The van der Waals surface area contributed by atoms with E-state index in [1.807, 2.05) is 36.5 Å². The summed E-state index contributed by atoms with van der Waals surface area (Å²) >= 11 is 0. The van der Waals surface area contributed by atoms with Crippen molar-refractivity contribution in [1.82, 2.24) is 15.1 Å². The van der Waals surface area contributed by atoms with Gasteiger partial charge in [0.1, 0.15) is 5.54 Å². The van der Waals surface area contributed by atoms with E-state index in [1.165, 1.54) is 0 Å². The summed E-state index contributed by atoms with van der Waals surface area (Å²) in [6, 6.07) is 11.7. The van der Waals surface area contributed by atoms with Crippen molar-refractivity contribution < 1.29 is 4.79 Å². The van der Waals surface area contributed by atoms with Crippen LogP contribution in [0.2, 0.25) is 0 Å². The maximum atomic E-state index is 12.2. The molecular formula is C17H19N5O. The molecule has 23 heavy (non-hydrogen) atoms. The number of carbonyl (C=O) groups is 1. The molecule has 2 aromatic rings. The minimum atomic E-state index is -0.764. The summed E-state index contributed by atoms with van der Waals surface area (Å²) in [7, 11) is 0. The number of rotatable bonds is 6. The van der Waals surface area contributed by atoms with Gasteiger partial charge in [0, 0.05) is 12.4 Å². The van der Waals surface area contributed by atoms with Crippen molar-refractivity contribution in [3.63, 3.8) is 0 Å². The summed E-state index contributed by atoms with van der Waals surface area (Å²) in [5.41, 5.74) is 0.923. The van der Waals surface area contributed by atoms with Gasteiger partial charge in [-0.2, -0.15) is 10.4 Å². The lowest BCUT2D eigenvalue weighted by molar-refractivity contribution is -0.120. The molecule has 1 atom stereocenters. The average Bonchev–Trinajstić information content (AvgIpc) is 3.29. The molecule has 0 spiro atoms. The molecule has 2 N–H and O–H groups in total. The van der Waals surface area contributed by atoms with Crippen LogP contribution in [0, 0.1) is 17.2 Å².